The first-order valence-corrected chi connectivity index (χ1v) is 6.67. The van der Waals surface area contributed by atoms with E-state index in [0.29, 0.717) is 18.2 Å². The fourth-order valence-corrected chi connectivity index (χ4v) is 3.09. The van der Waals surface area contributed by atoms with Gasteiger partial charge in [0.2, 0.25) is 0 Å². The lowest BCUT2D eigenvalue weighted by atomic mass is 9.78. The van der Waals surface area contributed by atoms with E-state index in [-0.39, 0.29) is 0 Å². The van der Waals surface area contributed by atoms with E-state index in [1.165, 1.54) is 31.4 Å². The molecular formula is C14H23NO. The Morgan fingerprint density at radius 3 is 2.62 bits per heavy atom. The molecule has 0 spiro atoms. The van der Waals surface area contributed by atoms with E-state index in [1.54, 1.807) is 0 Å². The summed E-state index contributed by atoms with van der Waals surface area (Å²) in [6, 6.07) is 0.603. The van der Waals surface area contributed by atoms with Crippen LogP contribution in [0, 0.1) is 11.8 Å². The highest BCUT2D eigenvalue weighted by atomic mass is 16.1. The number of hydrogen-bond donors (Lipinski definition) is 1. The molecule has 0 aliphatic heterocycles. The minimum Gasteiger partial charge on any atom is -0.385 e. The van der Waals surface area contributed by atoms with Crippen molar-refractivity contribution in [3.8, 4) is 0 Å². The van der Waals surface area contributed by atoms with E-state index in [1.807, 2.05) is 6.08 Å². The number of carbonyl (C=O) groups excluding carboxylic acids is 1. The summed E-state index contributed by atoms with van der Waals surface area (Å²) >= 11 is 0. The Morgan fingerprint density at radius 1 is 1.25 bits per heavy atom. The number of rotatable bonds is 3. The highest BCUT2D eigenvalue weighted by Crippen LogP contribution is 2.31. The zero-order chi connectivity index (χ0) is 11.5. The largest absolute Gasteiger partial charge is 0.385 e. The number of ketones is 1. The number of nitrogens with one attached hydrogen (secondary N) is 1. The number of hydrogen-bond acceptors (Lipinski definition) is 2. The first kappa shape index (κ1) is 11.7. The van der Waals surface area contributed by atoms with Gasteiger partial charge in [0, 0.05) is 24.2 Å². The summed E-state index contributed by atoms with van der Waals surface area (Å²) < 4.78 is 0. The highest BCUT2D eigenvalue weighted by Gasteiger charge is 2.28. The number of carbonyl (C=O) groups is 1. The molecule has 90 valence electrons. The summed E-state index contributed by atoms with van der Waals surface area (Å²) in [6.07, 6.45) is 8.78. The molecule has 0 radical (unpaired) electrons. The van der Waals surface area contributed by atoms with Crippen molar-refractivity contribution in [2.45, 2.75) is 58.4 Å². The molecule has 2 unspecified atom stereocenters. The quantitative estimate of drug-likeness (QED) is 0.793. The van der Waals surface area contributed by atoms with Crippen LogP contribution in [0.25, 0.3) is 0 Å². The Morgan fingerprint density at radius 2 is 2.00 bits per heavy atom. The molecule has 16 heavy (non-hydrogen) atoms. The summed E-state index contributed by atoms with van der Waals surface area (Å²) in [5.41, 5.74) is 1.18. The molecule has 0 aromatic heterocycles. The van der Waals surface area contributed by atoms with E-state index < -0.39 is 0 Å². The predicted octanol–water partition coefficient (Wildman–Crippen LogP) is 3.04. The van der Waals surface area contributed by atoms with Gasteiger partial charge in [0.15, 0.2) is 5.78 Å². The molecular weight excluding hydrogens is 198 g/mol. The lowest BCUT2D eigenvalue weighted by molar-refractivity contribution is -0.114. The summed E-state index contributed by atoms with van der Waals surface area (Å²) in [5.74, 6) is 1.82. The fraction of sp³-hybridized carbons (Fsp3) is 0.786. The van der Waals surface area contributed by atoms with Crippen molar-refractivity contribution in [1.29, 1.82) is 0 Å². The molecule has 0 amide bonds. The first-order valence-electron chi connectivity index (χ1n) is 6.67. The lowest BCUT2D eigenvalue weighted by Crippen LogP contribution is -2.40. The van der Waals surface area contributed by atoms with Crippen LogP contribution in [0.15, 0.2) is 11.8 Å². The molecule has 0 bridgehead atoms. The lowest BCUT2D eigenvalue weighted by Gasteiger charge is -2.35. The van der Waals surface area contributed by atoms with E-state index >= 15 is 0 Å². The van der Waals surface area contributed by atoms with Crippen LogP contribution in [-0.4, -0.2) is 11.8 Å². The monoisotopic (exact) mass is 221 g/mol. The van der Waals surface area contributed by atoms with Crippen LogP contribution in [0.4, 0.5) is 0 Å². The van der Waals surface area contributed by atoms with Gasteiger partial charge in [-0.25, -0.2) is 0 Å². The minimum atomic E-state index is 0.291. The smallest absolute Gasteiger partial charge is 0.157 e. The molecule has 1 saturated carbocycles. The minimum absolute atomic E-state index is 0.291. The molecule has 0 saturated heterocycles. The summed E-state index contributed by atoms with van der Waals surface area (Å²) in [4.78, 5) is 11.2. The van der Waals surface area contributed by atoms with Gasteiger partial charge in [-0.2, -0.15) is 0 Å². The van der Waals surface area contributed by atoms with Crippen molar-refractivity contribution in [2.75, 3.05) is 0 Å². The number of allylic oxidation sites excluding steroid dienone is 2. The van der Waals surface area contributed by atoms with Crippen molar-refractivity contribution >= 4 is 5.78 Å². The Balaban J connectivity index is 1.96. The molecule has 2 aliphatic carbocycles. The molecule has 2 heteroatoms. The Labute approximate surface area is 98.5 Å². The van der Waals surface area contributed by atoms with Gasteiger partial charge >= 0.3 is 0 Å². The van der Waals surface area contributed by atoms with Crippen LogP contribution < -0.4 is 5.32 Å². The Hall–Kier alpha value is -0.790. The van der Waals surface area contributed by atoms with Crippen LogP contribution in [0.2, 0.25) is 0 Å². The van der Waals surface area contributed by atoms with Crippen LogP contribution in [-0.2, 0) is 4.79 Å². The first-order chi connectivity index (χ1) is 7.66. The third kappa shape index (κ3) is 2.66. The third-order valence-electron chi connectivity index (χ3n) is 4.02. The Kier molecular flexibility index (Phi) is 3.67. The topological polar surface area (TPSA) is 29.1 Å². The molecule has 0 heterocycles. The molecule has 1 N–H and O–H groups in total. The van der Waals surface area contributed by atoms with Gasteiger partial charge < -0.3 is 5.32 Å². The van der Waals surface area contributed by atoms with E-state index in [2.05, 4.69) is 19.2 Å². The molecule has 0 aromatic carbocycles. The standard InChI is InChI=1S/C14H23NO/c1-10(2)13-5-3-4-6-14(13)15-11-7-8-12(16)9-11/h9-10,13-15H,3-8H2,1-2H3. The molecule has 0 aromatic rings. The van der Waals surface area contributed by atoms with Crippen molar-refractivity contribution in [3.63, 3.8) is 0 Å². The van der Waals surface area contributed by atoms with Crippen molar-refractivity contribution < 1.29 is 4.79 Å². The van der Waals surface area contributed by atoms with Crippen molar-refractivity contribution in [1.82, 2.24) is 5.32 Å². The van der Waals surface area contributed by atoms with Gasteiger partial charge in [0.05, 0.1) is 0 Å². The second-order valence-corrected chi connectivity index (χ2v) is 5.58. The highest BCUT2D eigenvalue weighted by molar-refractivity contribution is 5.92. The maximum absolute atomic E-state index is 11.2. The second kappa shape index (κ2) is 5.03. The van der Waals surface area contributed by atoms with Crippen LogP contribution >= 0.6 is 0 Å². The fourth-order valence-electron chi connectivity index (χ4n) is 3.09. The van der Waals surface area contributed by atoms with E-state index in [9.17, 15) is 4.79 Å². The van der Waals surface area contributed by atoms with Gasteiger partial charge in [-0.05, 0) is 31.1 Å². The van der Waals surface area contributed by atoms with Gasteiger partial charge in [-0.3, -0.25) is 4.79 Å². The zero-order valence-electron chi connectivity index (χ0n) is 10.5. The average molecular weight is 221 g/mol. The maximum Gasteiger partial charge on any atom is 0.157 e. The molecule has 2 rings (SSSR count). The Bertz CT molecular complexity index is 293. The van der Waals surface area contributed by atoms with E-state index in [4.69, 9.17) is 0 Å². The van der Waals surface area contributed by atoms with Crippen LogP contribution in [0.1, 0.15) is 52.4 Å². The maximum atomic E-state index is 11.2. The molecule has 2 nitrogen and oxygen atoms in total. The average Bonchev–Trinajstić information content (AvgIpc) is 2.64. The summed E-state index contributed by atoms with van der Waals surface area (Å²) in [7, 11) is 0. The normalized spacial score (nSPS) is 30.7. The van der Waals surface area contributed by atoms with Crippen molar-refractivity contribution in [3.05, 3.63) is 11.8 Å². The van der Waals surface area contributed by atoms with Crippen molar-refractivity contribution in [2.24, 2.45) is 11.8 Å². The molecule has 2 aliphatic rings. The second-order valence-electron chi connectivity index (χ2n) is 5.58. The molecule has 2 atom stereocenters. The summed E-state index contributed by atoms with van der Waals surface area (Å²) in [6.45, 7) is 4.64. The van der Waals surface area contributed by atoms with Gasteiger partial charge in [-0.15, -0.1) is 0 Å². The van der Waals surface area contributed by atoms with Gasteiger partial charge in [0.25, 0.3) is 0 Å². The van der Waals surface area contributed by atoms with Crippen LogP contribution in [0.5, 0.6) is 0 Å². The summed E-state index contributed by atoms with van der Waals surface area (Å²) in [5, 5.41) is 3.62. The molecule has 1 fully saturated rings. The van der Waals surface area contributed by atoms with E-state index in [0.717, 1.165) is 18.3 Å². The van der Waals surface area contributed by atoms with Crippen LogP contribution in [0.3, 0.4) is 0 Å². The van der Waals surface area contributed by atoms with Gasteiger partial charge in [0.1, 0.15) is 0 Å². The third-order valence-corrected chi connectivity index (χ3v) is 4.02. The predicted molar refractivity (Wildman–Crippen MR) is 66.0 cm³/mol. The SMILES string of the molecule is CC(C)C1CCCCC1NC1=CC(=O)CC1. The zero-order valence-corrected chi connectivity index (χ0v) is 10.5. The van der Waals surface area contributed by atoms with Gasteiger partial charge in [-0.1, -0.05) is 26.7 Å².